The van der Waals surface area contributed by atoms with E-state index in [1.165, 1.54) is 13.3 Å². The number of aromatic nitrogens is 3. The fourth-order valence-corrected chi connectivity index (χ4v) is 3.84. The normalized spacial score (nSPS) is 19.0. The zero-order valence-electron chi connectivity index (χ0n) is 13.6. The summed E-state index contributed by atoms with van der Waals surface area (Å²) in [5.74, 6) is -0.0627. The van der Waals surface area contributed by atoms with Crippen LogP contribution in [0.1, 0.15) is 43.1 Å². The third-order valence-electron chi connectivity index (χ3n) is 4.20. The molecule has 1 aliphatic rings. The van der Waals surface area contributed by atoms with Gasteiger partial charge in [0.25, 0.3) is 0 Å². The Kier molecular flexibility index (Phi) is 5.24. The van der Waals surface area contributed by atoms with Crippen LogP contribution in [0.25, 0.3) is 0 Å². The van der Waals surface area contributed by atoms with Crippen molar-refractivity contribution in [3.63, 3.8) is 0 Å². The molecule has 2 amide bonds. The van der Waals surface area contributed by atoms with Crippen LogP contribution < -0.4 is 5.32 Å². The molecule has 3 heterocycles. The second kappa shape index (κ2) is 7.57. The second-order valence-electron chi connectivity index (χ2n) is 5.98. The summed E-state index contributed by atoms with van der Waals surface area (Å²) in [7, 11) is 0. The smallest absolute Gasteiger partial charge is 0.225 e. The first kappa shape index (κ1) is 16.6. The summed E-state index contributed by atoms with van der Waals surface area (Å²) in [6.45, 7) is 2.87. The van der Waals surface area contributed by atoms with Crippen LogP contribution in [0.4, 0.5) is 0 Å². The number of hydrogen-bond donors (Lipinski definition) is 1. The summed E-state index contributed by atoms with van der Waals surface area (Å²) in [5.41, 5.74) is 0. The van der Waals surface area contributed by atoms with Gasteiger partial charge in [-0.05, 0) is 24.3 Å². The first-order chi connectivity index (χ1) is 11.6. The molecule has 128 valence electrons. The van der Waals surface area contributed by atoms with Gasteiger partial charge >= 0.3 is 0 Å². The molecular weight excluding hydrogens is 326 g/mol. The predicted octanol–water partition coefficient (Wildman–Crippen LogP) is 1.77. The first-order valence-electron chi connectivity index (χ1n) is 8.06. The van der Waals surface area contributed by atoms with Gasteiger partial charge in [0.2, 0.25) is 11.8 Å². The minimum Gasteiger partial charge on any atom is -0.348 e. The number of nitrogens with zero attached hydrogens (tertiary/aromatic N) is 4. The van der Waals surface area contributed by atoms with Crippen LogP contribution in [0.5, 0.6) is 0 Å². The molecule has 8 heteroatoms. The van der Waals surface area contributed by atoms with Gasteiger partial charge in [0.15, 0.2) is 0 Å². The Hall–Kier alpha value is -2.22. The summed E-state index contributed by atoms with van der Waals surface area (Å²) in [6, 6.07) is 3.79. The van der Waals surface area contributed by atoms with E-state index in [4.69, 9.17) is 0 Å². The topological polar surface area (TPSA) is 80.1 Å². The molecule has 1 saturated heterocycles. The number of piperidine rings is 1. The maximum absolute atomic E-state index is 12.7. The molecule has 2 unspecified atom stereocenters. The molecule has 7 nitrogen and oxygen atoms in total. The van der Waals surface area contributed by atoms with Crippen molar-refractivity contribution < 1.29 is 9.59 Å². The third-order valence-corrected chi connectivity index (χ3v) is 5.19. The van der Waals surface area contributed by atoms with Crippen LogP contribution >= 0.6 is 11.3 Å². The average molecular weight is 347 g/mol. The van der Waals surface area contributed by atoms with Gasteiger partial charge in [-0.25, -0.2) is 9.67 Å². The van der Waals surface area contributed by atoms with Crippen molar-refractivity contribution in [3.05, 3.63) is 35.0 Å². The third kappa shape index (κ3) is 4.00. The van der Waals surface area contributed by atoms with Crippen LogP contribution in [0.2, 0.25) is 0 Å². The Morgan fingerprint density at radius 3 is 3.04 bits per heavy atom. The molecule has 0 radical (unpaired) electrons. The minimum atomic E-state index is -0.262. The summed E-state index contributed by atoms with van der Waals surface area (Å²) in [4.78, 5) is 31.1. The Balaban J connectivity index is 1.65. The van der Waals surface area contributed by atoms with Gasteiger partial charge in [-0.3, -0.25) is 9.59 Å². The highest BCUT2D eigenvalue weighted by Gasteiger charge is 2.27. The number of nitrogens with one attached hydrogen (secondary N) is 1. The SMILES string of the molecule is CC(=O)NC(CC(=O)N1CCCC(n2cncn2)C1)c1cccs1. The van der Waals surface area contributed by atoms with Crippen molar-refractivity contribution in [2.75, 3.05) is 13.1 Å². The van der Waals surface area contributed by atoms with Crippen molar-refractivity contribution in [3.8, 4) is 0 Å². The summed E-state index contributed by atoms with van der Waals surface area (Å²) in [6.07, 6.45) is 5.44. The number of carbonyl (C=O) groups is 2. The number of thiophene rings is 1. The van der Waals surface area contributed by atoms with Gasteiger partial charge in [0, 0.05) is 24.9 Å². The lowest BCUT2D eigenvalue weighted by Gasteiger charge is -2.33. The zero-order chi connectivity index (χ0) is 16.9. The lowest BCUT2D eigenvalue weighted by molar-refractivity contribution is -0.133. The quantitative estimate of drug-likeness (QED) is 0.894. The molecule has 3 rings (SSSR count). The highest BCUT2D eigenvalue weighted by Crippen LogP contribution is 2.25. The molecule has 0 aliphatic carbocycles. The Labute approximate surface area is 144 Å². The monoisotopic (exact) mass is 347 g/mol. The maximum atomic E-state index is 12.7. The predicted molar refractivity (Wildman–Crippen MR) is 90.4 cm³/mol. The van der Waals surface area contributed by atoms with Gasteiger partial charge in [0.05, 0.1) is 18.5 Å². The van der Waals surface area contributed by atoms with E-state index in [0.717, 1.165) is 24.3 Å². The van der Waals surface area contributed by atoms with E-state index in [0.29, 0.717) is 6.54 Å². The lowest BCUT2D eigenvalue weighted by Crippen LogP contribution is -2.42. The van der Waals surface area contributed by atoms with Crippen molar-refractivity contribution in [2.45, 2.75) is 38.3 Å². The number of amides is 2. The van der Waals surface area contributed by atoms with Crippen LogP contribution in [0.15, 0.2) is 30.2 Å². The van der Waals surface area contributed by atoms with Gasteiger partial charge in [-0.1, -0.05) is 6.07 Å². The van der Waals surface area contributed by atoms with E-state index in [1.807, 2.05) is 27.1 Å². The molecular formula is C16H21N5O2S. The molecule has 0 aromatic carbocycles. The molecule has 0 saturated carbocycles. The van der Waals surface area contributed by atoms with Crippen molar-refractivity contribution in [1.29, 1.82) is 0 Å². The van der Waals surface area contributed by atoms with E-state index < -0.39 is 0 Å². The standard InChI is InChI=1S/C16H21N5O2S/c1-12(22)19-14(15-5-3-7-24-15)8-16(23)20-6-2-4-13(9-20)21-11-17-10-18-21/h3,5,7,10-11,13-14H,2,4,6,8-9H2,1H3,(H,19,22). The molecule has 1 N–H and O–H groups in total. The molecule has 0 bridgehead atoms. The van der Waals surface area contributed by atoms with Crippen LogP contribution in [-0.2, 0) is 9.59 Å². The number of carbonyl (C=O) groups excluding carboxylic acids is 2. The fraction of sp³-hybridized carbons (Fsp3) is 0.500. The highest BCUT2D eigenvalue weighted by atomic mass is 32.1. The van der Waals surface area contributed by atoms with Gasteiger partial charge in [0.1, 0.15) is 12.7 Å². The summed E-state index contributed by atoms with van der Waals surface area (Å²) < 4.78 is 1.82. The van der Waals surface area contributed by atoms with Crippen LogP contribution in [-0.4, -0.2) is 44.6 Å². The largest absolute Gasteiger partial charge is 0.348 e. The van der Waals surface area contributed by atoms with E-state index >= 15 is 0 Å². The molecule has 2 aromatic heterocycles. The maximum Gasteiger partial charge on any atom is 0.225 e. The van der Waals surface area contributed by atoms with Crippen molar-refractivity contribution >= 4 is 23.2 Å². The van der Waals surface area contributed by atoms with E-state index in [1.54, 1.807) is 17.7 Å². The molecule has 1 fully saturated rings. The Morgan fingerprint density at radius 1 is 1.50 bits per heavy atom. The van der Waals surface area contributed by atoms with Crippen molar-refractivity contribution in [2.24, 2.45) is 0 Å². The van der Waals surface area contributed by atoms with E-state index in [9.17, 15) is 9.59 Å². The summed E-state index contributed by atoms with van der Waals surface area (Å²) >= 11 is 1.55. The Morgan fingerprint density at radius 2 is 2.38 bits per heavy atom. The molecule has 2 atom stereocenters. The van der Waals surface area contributed by atoms with E-state index in [2.05, 4.69) is 15.4 Å². The van der Waals surface area contributed by atoms with Crippen LogP contribution in [0.3, 0.4) is 0 Å². The fourth-order valence-electron chi connectivity index (χ4n) is 3.06. The first-order valence-corrected chi connectivity index (χ1v) is 8.94. The molecule has 0 spiro atoms. The van der Waals surface area contributed by atoms with Gasteiger partial charge < -0.3 is 10.2 Å². The second-order valence-corrected chi connectivity index (χ2v) is 6.96. The lowest BCUT2D eigenvalue weighted by atomic mass is 10.0. The molecule has 2 aromatic rings. The number of hydrogen-bond acceptors (Lipinski definition) is 5. The van der Waals surface area contributed by atoms with E-state index in [-0.39, 0.29) is 30.3 Å². The number of likely N-dealkylation sites (tertiary alicyclic amines) is 1. The minimum absolute atomic E-state index is 0.0620. The van der Waals surface area contributed by atoms with Gasteiger partial charge in [-0.2, -0.15) is 5.10 Å². The Bertz CT molecular complexity index is 671. The highest BCUT2D eigenvalue weighted by molar-refractivity contribution is 7.10. The van der Waals surface area contributed by atoms with Gasteiger partial charge in [-0.15, -0.1) is 11.3 Å². The van der Waals surface area contributed by atoms with Crippen molar-refractivity contribution in [1.82, 2.24) is 25.0 Å². The summed E-state index contributed by atoms with van der Waals surface area (Å²) in [5, 5.41) is 9.03. The molecule has 24 heavy (non-hydrogen) atoms. The number of rotatable bonds is 5. The van der Waals surface area contributed by atoms with Crippen LogP contribution in [0, 0.1) is 0 Å². The molecule has 1 aliphatic heterocycles. The zero-order valence-corrected chi connectivity index (χ0v) is 14.4. The average Bonchev–Trinajstić information content (AvgIpc) is 3.27.